The minimum absolute atomic E-state index is 0.111. The minimum atomic E-state index is -0.111. The van der Waals surface area contributed by atoms with E-state index >= 15 is 0 Å². The second-order valence-electron chi connectivity index (χ2n) is 9.14. The van der Waals surface area contributed by atoms with Gasteiger partial charge in [0.1, 0.15) is 0 Å². The Morgan fingerprint density at radius 3 is 2.91 bits per heavy atom. The second kappa shape index (κ2) is 8.44. The lowest BCUT2D eigenvalue weighted by atomic mass is 9.84. The van der Waals surface area contributed by atoms with E-state index in [1.54, 1.807) is 18.4 Å². The fraction of sp³-hybridized carbons (Fsp3) is 0.458. The van der Waals surface area contributed by atoms with Gasteiger partial charge in [-0.2, -0.15) is 0 Å². The highest BCUT2D eigenvalue weighted by Crippen LogP contribution is 2.53. The van der Waals surface area contributed by atoms with Crippen LogP contribution in [0, 0.1) is 17.8 Å². The van der Waals surface area contributed by atoms with Crippen molar-refractivity contribution in [2.75, 3.05) is 17.9 Å². The van der Waals surface area contributed by atoms with E-state index in [1.807, 2.05) is 18.2 Å². The van der Waals surface area contributed by atoms with Gasteiger partial charge in [0.25, 0.3) is 0 Å². The lowest BCUT2D eigenvalue weighted by Crippen LogP contribution is -2.23. The highest BCUT2D eigenvalue weighted by molar-refractivity contribution is 7.99. The summed E-state index contributed by atoms with van der Waals surface area (Å²) >= 11 is 1.40. The van der Waals surface area contributed by atoms with Gasteiger partial charge in [0.05, 0.1) is 12.0 Å². The maximum atomic E-state index is 12.7. The fourth-order valence-electron chi connectivity index (χ4n) is 5.69. The van der Waals surface area contributed by atoms with E-state index in [0.29, 0.717) is 28.9 Å². The average Bonchev–Trinajstić information content (AvgIpc) is 3.64. The normalized spacial score (nSPS) is 23.7. The predicted molar refractivity (Wildman–Crippen MR) is 123 cm³/mol. The van der Waals surface area contributed by atoms with Crippen LogP contribution in [0.2, 0.25) is 0 Å². The summed E-state index contributed by atoms with van der Waals surface area (Å²) in [5, 5.41) is 12.6. The second-order valence-corrected chi connectivity index (χ2v) is 10.1. The third-order valence-electron chi connectivity index (χ3n) is 7.21. The summed E-state index contributed by atoms with van der Waals surface area (Å²) in [6.45, 7) is 2.47. The molecule has 1 amide bonds. The number of aromatic nitrogens is 3. The third kappa shape index (κ3) is 3.88. The average molecular weight is 467 g/mol. The third-order valence-corrected chi connectivity index (χ3v) is 8.16. The van der Waals surface area contributed by atoms with Gasteiger partial charge in [-0.05, 0) is 68.2 Å². The molecule has 33 heavy (non-hydrogen) atoms. The minimum Gasteiger partial charge on any atom is -0.461 e. The van der Waals surface area contributed by atoms with Gasteiger partial charge in [0.2, 0.25) is 18.5 Å². The predicted octanol–water partition coefficient (Wildman–Crippen LogP) is 4.99. The number of anilines is 1. The van der Waals surface area contributed by atoms with Crippen molar-refractivity contribution in [2.45, 2.75) is 43.8 Å². The Morgan fingerprint density at radius 1 is 1.21 bits per heavy atom. The topological polar surface area (TPSA) is 91.4 Å². The zero-order chi connectivity index (χ0) is 22.4. The van der Waals surface area contributed by atoms with Gasteiger partial charge in [-0.25, -0.2) is 0 Å². The van der Waals surface area contributed by atoms with Gasteiger partial charge in [0.15, 0.2) is 22.4 Å². The molecule has 0 unspecified atom stereocenters. The van der Waals surface area contributed by atoms with Crippen molar-refractivity contribution in [2.24, 2.45) is 17.8 Å². The van der Waals surface area contributed by atoms with Gasteiger partial charge in [-0.1, -0.05) is 18.2 Å². The molecule has 2 aromatic heterocycles. The van der Waals surface area contributed by atoms with Crippen LogP contribution in [0.3, 0.4) is 0 Å². The molecule has 9 heteroatoms. The summed E-state index contributed by atoms with van der Waals surface area (Å²) < 4.78 is 18.6. The number of amides is 1. The number of nitrogens with one attached hydrogen (secondary N) is 1. The molecule has 3 aromatic rings. The number of rotatable bonds is 7. The Kier molecular flexibility index (Phi) is 5.28. The lowest BCUT2D eigenvalue weighted by Gasteiger charge is -2.30. The van der Waals surface area contributed by atoms with Crippen LogP contribution < -0.4 is 14.8 Å². The van der Waals surface area contributed by atoms with Crippen LogP contribution in [0.15, 0.2) is 46.2 Å². The van der Waals surface area contributed by atoms with E-state index in [9.17, 15) is 4.79 Å². The van der Waals surface area contributed by atoms with E-state index in [0.717, 1.165) is 22.8 Å². The number of ether oxygens (including phenoxy) is 2. The van der Waals surface area contributed by atoms with Crippen molar-refractivity contribution in [1.29, 1.82) is 0 Å². The van der Waals surface area contributed by atoms with Crippen LogP contribution in [0.1, 0.15) is 38.6 Å². The number of carbonyl (C=O) groups is 1. The zero-order valence-corrected chi connectivity index (χ0v) is 19.2. The van der Waals surface area contributed by atoms with Gasteiger partial charge < -0.3 is 19.2 Å². The number of nitrogens with zero attached hydrogens (tertiary/aromatic N) is 3. The van der Waals surface area contributed by atoms with Crippen LogP contribution in [0.25, 0.3) is 11.6 Å². The first-order valence-corrected chi connectivity index (χ1v) is 12.5. The van der Waals surface area contributed by atoms with Crippen molar-refractivity contribution in [3.05, 3.63) is 36.6 Å². The molecule has 2 fully saturated rings. The van der Waals surface area contributed by atoms with Gasteiger partial charge in [0, 0.05) is 17.8 Å². The Bertz CT molecular complexity index is 1160. The number of furan rings is 1. The first-order chi connectivity index (χ1) is 16.2. The molecule has 6 rings (SSSR count). The summed E-state index contributed by atoms with van der Waals surface area (Å²) in [7, 11) is 0. The van der Waals surface area contributed by atoms with E-state index in [4.69, 9.17) is 13.9 Å². The molecule has 0 spiro atoms. The van der Waals surface area contributed by atoms with Crippen LogP contribution in [-0.4, -0.2) is 33.2 Å². The van der Waals surface area contributed by atoms with E-state index < -0.39 is 0 Å². The fourth-order valence-corrected chi connectivity index (χ4v) is 6.52. The van der Waals surface area contributed by atoms with Crippen LogP contribution in [0.5, 0.6) is 11.5 Å². The lowest BCUT2D eigenvalue weighted by molar-refractivity contribution is -0.113. The molecule has 3 aliphatic rings. The Morgan fingerprint density at radius 2 is 2.12 bits per heavy atom. The number of hydrogen-bond acceptors (Lipinski definition) is 7. The Labute approximate surface area is 196 Å². The molecule has 1 aliphatic heterocycles. The monoisotopic (exact) mass is 466 g/mol. The summed E-state index contributed by atoms with van der Waals surface area (Å²) in [5.74, 6) is 5.12. The molecule has 2 bridgehead atoms. The highest BCUT2D eigenvalue weighted by atomic mass is 32.2. The maximum Gasteiger partial charge on any atom is 0.234 e. The van der Waals surface area contributed by atoms with Gasteiger partial charge in [-0.15, -0.1) is 10.2 Å². The largest absolute Gasteiger partial charge is 0.461 e. The molecule has 1 aromatic carbocycles. The van der Waals surface area contributed by atoms with Crippen molar-refractivity contribution in [1.82, 2.24) is 14.8 Å². The Balaban J connectivity index is 1.19. The number of fused-ring (bicyclic) bond motifs is 3. The molecule has 172 valence electrons. The van der Waals surface area contributed by atoms with Crippen molar-refractivity contribution >= 4 is 23.4 Å². The van der Waals surface area contributed by atoms with Crippen LogP contribution in [0.4, 0.5) is 5.69 Å². The summed E-state index contributed by atoms with van der Waals surface area (Å²) in [6.07, 6.45) is 6.94. The molecule has 8 nitrogen and oxygen atoms in total. The summed E-state index contributed by atoms with van der Waals surface area (Å²) in [5.41, 5.74) is 0.679. The zero-order valence-electron chi connectivity index (χ0n) is 18.4. The first kappa shape index (κ1) is 20.7. The van der Waals surface area contributed by atoms with Crippen molar-refractivity contribution in [3.63, 3.8) is 0 Å². The SMILES string of the molecule is C[C@H]([C@@H]1C[C@H]2CC[C@H]1C2)n1c(SCC(=O)Nc2ccc3c(c2)OCO3)nnc1-c1ccco1. The molecular formula is C24H26N4O4S. The molecule has 0 saturated heterocycles. The molecule has 4 atom stereocenters. The quantitative estimate of drug-likeness (QED) is 0.490. The number of thioether (sulfide) groups is 1. The standard InChI is InChI=1S/C24H26N4O4S/c1-14(18-10-15-4-5-16(18)9-15)28-23(20-3-2-8-30-20)26-27-24(28)33-12-22(29)25-17-6-7-19-21(11-17)32-13-31-19/h2-3,6-8,11,14-16,18H,4-5,9-10,12-13H2,1H3,(H,25,29)/t14-,15+,16+,18+/m1/s1. The summed E-state index contributed by atoms with van der Waals surface area (Å²) in [4.78, 5) is 12.7. The Hall–Kier alpha value is -2.94. The molecule has 2 saturated carbocycles. The summed E-state index contributed by atoms with van der Waals surface area (Å²) in [6, 6.07) is 9.41. The molecular weight excluding hydrogens is 440 g/mol. The number of benzene rings is 1. The maximum absolute atomic E-state index is 12.7. The van der Waals surface area contributed by atoms with E-state index in [1.165, 1.54) is 37.4 Å². The van der Waals surface area contributed by atoms with Crippen molar-refractivity contribution < 1.29 is 18.7 Å². The van der Waals surface area contributed by atoms with E-state index in [2.05, 4.69) is 27.0 Å². The highest BCUT2D eigenvalue weighted by Gasteiger charge is 2.43. The van der Waals surface area contributed by atoms with Gasteiger partial charge in [-0.3, -0.25) is 9.36 Å². The van der Waals surface area contributed by atoms with Crippen molar-refractivity contribution in [3.8, 4) is 23.1 Å². The molecule has 2 aliphatic carbocycles. The molecule has 0 radical (unpaired) electrons. The van der Waals surface area contributed by atoms with E-state index in [-0.39, 0.29) is 24.5 Å². The molecule has 3 heterocycles. The number of carbonyl (C=O) groups excluding carboxylic acids is 1. The smallest absolute Gasteiger partial charge is 0.234 e. The molecule has 1 N–H and O–H groups in total. The first-order valence-electron chi connectivity index (χ1n) is 11.5. The van der Waals surface area contributed by atoms with Crippen LogP contribution >= 0.6 is 11.8 Å². The van der Waals surface area contributed by atoms with Gasteiger partial charge >= 0.3 is 0 Å². The van der Waals surface area contributed by atoms with Crippen LogP contribution in [-0.2, 0) is 4.79 Å². The number of hydrogen-bond donors (Lipinski definition) is 1.